The Hall–Kier alpha value is -3.59. The van der Waals surface area contributed by atoms with Gasteiger partial charge in [0.2, 0.25) is 0 Å². The summed E-state index contributed by atoms with van der Waals surface area (Å²) in [4.78, 5) is 12.9. The predicted octanol–water partition coefficient (Wildman–Crippen LogP) is 3.68. The van der Waals surface area contributed by atoms with Gasteiger partial charge in [0.15, 0.2) is 5.43 Å². The first kappa shape index (κ1) is 14.6. The van der Waals surface area contributed by atoms with E-state index in [0.717, 1.165) is 48.8 Å². The molecule has 0 unspecified atom stereocenters. The standard InChI is InChI=1S/C24H14O3/c1-11-2-4-15-18(8-11)24(27)19-10-17-16-9-12(25)3-5-13(16)14-6-7-20(26)23(21(14)17)22(15)19/h2-10,25,27H,1H3/p+1. The van der Waals surface area contributed by atoms with E-state index < -0.39 is 0 Å². The van der Waals surface area contributed by atoms with E-state index in [-0.39, 0.29) is 11.2 Å². The highest BCUT2D eigenvalue weighted by molar-refractivity contribution is 6.08. The number of fused-ring (bicyclic) bond motifs is 7. The minimum atomic E-state index is -0.0352. The maximum absolute atomic E-state index is 12.9. The second-order valence-electron chi connectivity index (χ2n) is 7.37. The molecule has 3 N–H and O–H groups in total. The largest absolute Gasteiger partial charge is 0.593 e. The first-order valence-corrected chi connectivity index (χ1v) is 8.89. The molecular formula is C24H15O3+. The Bertz CT molecular complexity index is 1610. The lowest BCUT2D eigenvalue weighted by Crippen LogP contribution is -2.10. The number of rotatable bonds is 0. The highest BCUT2D eigenvalue weighted by atomic mass is 16.3. The monoisotopic (exact) mass is 351 g/mol. The maximum atomic E-state index is 12.9. The van der Waals surface area contributed by atoms with E-state index in [4.69, 9.17) is 5.11 Å². The van der Waals surface area contributed by atoms with Crippen molar-refractivity contribution in [3.63, 3.8) is 0 Å². The van der Waals surface area contributed by atoms with Gasteiger partial charge < -0.3 is 10.2 Å². The van der Waals surface area contributed by atoms with Gasteiger partial charge in [-0.25, -0.2) is 0 Å². The maximum Gasteiger partial charge on any atom is 0.254 e. The van der Waals surface area contributed by atoms with Crippen LogP contribution in [0.2, 0.25) is 0 Å². The molecule has 3 heteroatoms. The van der Waals surface area contributed by atoms with Gasteiger partial charge in [0, 0.05) is 39.1 Å². The Labute approximate surface area is 153 Å². The Kier molecular flexibility index (Phi) is 2.47. The quantitative estimate of drug-likeness (QED) is 0.433. The van der Waals surface area contributed by atoms with E-state index >= 15 is 0 Å². The lowest BCUT2D eigenvalue weighted by Gasteiger charge is -2.05. The average Bonchev–Trinajstić information content (AvgIpc) is 3.11. The fraction of sp³-hybridized carbons (Fsp3) is 0.0417. The van der Waals surface area contributed by atoms with Crippen molar-refractivity contribution in [1.82, 2.24) is 0 Å². The molecule has 0 heterocycles. The molecule has 3 aromatic rings. The van der Waals surface area contributed by atoms with Crippen molar-refractivity contribution < 1.29 is 10.2 Å². The molecule has 0 aliphatic heterocycles. The molecule has 128 valence electrons. The van der Waals surface area contributed by atoms with Crippen molar-refractivity contribution in [2.75, 3.05) is 0 Å². The van der Waals surface area contributed by atoms with Gasteiger partial charge >= 0.3 is 0 Å². The second kappa shape index (κ2) is 4.57. The van der Waals surface area contributed by atoms with Crippen LogP contribution in [0.1, 0.15) is 11.1 Å². The van der Waals surface area contributed by atoms with Crippen LogP contribution in [0.5, 0.6) is 5.75 Å². The van der Waals surface area contributed by atoms with Crippen molar-refractivity contribution in [3.05, 3.63) is 91.6 Å². The molecule has 3 aromatic carbocycles. The topological polar surface area (TPSA) is 60.2 Å². The van der Waals surface area contributed by atoms with Crippen LogP contribution in [-0.4, -0.2) is 10.2 Å². The van der Waals surface area contributed by atoms with Crippen LogP contribution in [0, 0.1) is 17.4 Å². The van der Waals surface area contributed by atoms with Crippen LogP contribution >= 0.6 is 0 Å². The Morgan fingerprint density at radius 1 is 0.815 bits per heavy atom. The van der Waals surface area contributed by atoms with Gasteiger partial charge in [-0.1, -0.05) is 17.7 Å². The van der Waals surface area contributed by atoms with Gasteiger partial charge in [0.05, 0.1) is 0 Å². The van der Waals surface area contributed by atoms with Crippen LogP contribution in [0.25, 0.3) is 38.4 Å². The molecule has 0 bridgehead atoms. The van der Waals surface area contributed by atoms with Crippen molar-refractivity contribution in [2.24, 2.45) is 0 Å². The molecular weight excluding hydrogens is 336 g/mol. The average molecular weight is 351 g/mol. The highest BCUT2D eigenvalue weighted by Gasteiger charge is 2.25. The smallest absolute Gasteiger partial charge is 0.254 e. The minimum absolute atomic E-state index is 0.0352. The summed E-state index contributed by atoms with van der Waals surface area (Å²) in [5, 5.41) is 25.2. The highest BCUT2D eigenvalue weighted by Crippen LogP contribution is 2.38. The Morgan fingerprint density at radius 2 is 1.67 bits per heavy atom. The molecule has 0 spiro atoms. The van der Waals surface area contributed by atoms with Gasteiger partial charge in [-0.15, -0.1) is 0 Å². The third-order valence-corrected chi connectivity index (χ3v) is 5.80. The van der Waals surface area contributed by atoms with Crippen molar-refractivity contribution in [3.8, 4) is 16.9 Å². The number of aliphatic hydroxyl groups is 1. The molecule has 3 nitrogen and oxygen atoms in total. The zero-order valence-corrected chi connectivity index (χ0v) is 14.6. The third kappa shape index (κ3) is 1.64. The normalized spacial score (nSPS) is 13.0. The van der Waals surface area contributed by atoms with Crippen LogP contribution in [-0.2, 0) is 0 Å². The van der Waals surface area contributed by atoms with Crippen molar-refractivity contribution >= 4 is 27.3 Å². The molecule has 0 amide bonds. The zero-order chi connectivity index (χ0) is 18.4. The van der Waals surface area contributed by atoms with Crippen LogP contribution in [0.3, 0.4) is 0 Å². The SMILES string of the molecule is Cc1ccc2c(c1)C(O)=c1cc3c4c(c1-2)c(=O)ccc=4c1ccc([OH2+])cc13. The molecule has 27 heavy (non-hydrogen) atoms. The number of hydrogen-bond donors (Lipinski definition) is 1. The van der Waals surface area contributed by atoms with Crippen molar-refractivity contribution in [2.45, 2.75) is 6.92 Å². The van der Waals surface area contributed by atoms with E-state index in [1.54, 1.807) is 12.1 Å². The Morgan fingerprint density at radius 3 is 2.52 bits per heavy atom. The first-order valence-electron chi connectivity index (χ1n) is 8.89. The van der Waals surface area contributed by atoms with E-state index in [1.807, 2.05) is 49.4 Å². The van der Waals surface area contributed by atoms with Crippen LogP contribution in [0.4, 0.5) is 0 Å². The van der Waals surface area contributed by atoms with E-state index in [1.165, 1.54) is 0 Å². The van der Waals surface area contributed by atoms with Gasteiger partial charge in [-0.05, 0) is 64.2 Å². The first-order chi connectivity index (χ1) is 13.0. The van der Waals surface area contributed by atoms with Gasteiger partial charge in [-0.3, -0.25) is 4.79 Å². The minimum Gasteiger partial charge on any atom is -0.593 e. The number of aryl methyl sites for hydroxylation is 1. The lowest BCUT2D eigenvalue weighted by molar-refractivity contribution is 0.476. The second-order valence-corrected chi connectivity index (χ2v) is 7.37. The fourth-order valence-electron chi connectivity index (χ4n) is 4.66. The van der Waals surface area contributed by atoms with Gasteiger partial charge in [0.25, 0.3) is 5.75 Å². The van der Waals surface area contributed by atoms with Crippen molar-refractivity contribution in [1.29, 1.82) is 0 Å². The summed E-state index contributed by atoms with van der Waals surface area (Å²) in [7, 11) is 0. The summed E-state index contributed by atoms with van der Waals surface area (Å²) < 4.78 is 0. The molecule has 0 fully saturated rings. The molecule has 0 saturated carbocycles. The molecule has 6 rings (SSSR count). The van der Waals surface area contributed by atoms with Crippen LogP contribution in [0.15, 0.2) is 59.4 Å². The molecule has 0 radical (unpaired) electrons. The summed E-state index contributed by atoms with van der Waals surface area (Å²) >= 11 is 0. The van der Waals surface area contributed by atoms with E-state index in [2.05, 4.69) is 0 Å². The summed E-state index contributed by atoms with van der Waals surface area (Å²) in [5.74, 6) is 0.659. The Balaban J connectivity index is 2.00. The number of hydrogen-bond acceptors (Lipinski definition) is 2. The summed E-state index contributed by atoms with van der Waals surface area (Å²) in [6.45, 7) is 1.99. The third-order valence-electron chi connectivity index (χ3n) is 5.80. The van der Waals surface area contributed by atoms with E-state index in [0.29, 0.717) is 16.4 Å². The summed E-state index contributed by atoms with van der Waals surface area (Å²) in [5.41, 5.74) is 3.55. The molecule has 3 aliphatic rings. The lowest BCUT2D eigenvalue weighted by atomic mass is 9.96. The van der Waals surface area contributed by atoms with Gasteiger partial charge in [0.1, 0.15) is 5.76 Å². The molecule has 0 saturated heterocycles. The summed E-state index contributed by atoms with van der Waals surface area (Å²) in [6.07, 6.45) is 0. The zero-order valence-electron chi connectivity index (χ0n) is 14.6. The van der Waals surface area contributed by atoms with E-state index in [9.17, 15) is 9.90 Å². The fourth-order valence-corrected chi connectivity index (χ4v) is 4.66. The van der Waals surface area contributed by atoms with Crippen LogP contribution < -0.4 is 10.6 Å². The number of benzene rings is 3. The molecule has 0 atom stereocenters. The van der Waals surface area contributed by atoms with Gasteiger partial charge in [-0.2, -0.15) is 0 Å². The predicted molar refractivity (Wildman–Crippen MR) is 108 cm³/mol. The molecule has 0 aromatic heterocycles. The summed E-state index contributed by atoms with van der Waals surface area (Å²) in [6, 6.07) is 17.0. The number of aliphatic hydroxyl groups excluding tert-OH is 1. The molecule has 3 aliphatic carbocycles.